The Morgan fingerprint density at radius 2 is 1.91 bits per heavy atom. The highest BCUT2D eigenvalue weighted by Crippen LogP contribution is 2.28. The predicted octanol–water partition coefficient (Wildman–Crippen LogP) is 3.12. The lowest BCUT2D eigenvalue weighted by Crippen LogP contribution is -2.48. The summed E-state index contributed by atoms with van der Waals surface area (Å²) in [7, 11) is 0. The summed E-state index contributed by atoms with van der Waals surface area (Å²) in [6.07, 6.45) is -2.93. The van der Waals surface area contributed by atoms with Crippen molar-refractivity contribution in [3.63, 3.8) is 0 Å². The zero-order valence-electron chi connectivity index (χ0n) is 18.1. The number of aryl methyl sites for hydroxylation is 1. The Hall–Kier alpha value is -3.37. The Labute approximate surface area is 189 Å². The van der Waals surface area contributed by atoms with Crippen LogP contribution in [0, 0.1) is 6.92 Å². The molecule has 11 heteroatoms. The minimum atomic E-state index is -4.59. The van der Waals surface area contributed by atoms with Crippen LogP contribution in [0.2, 0.25) is 0 Å². The van der Waals surface area contributed by atoms with Crippen LogP contribution in [0.25, 0.3) is 0 Å². The van der Waals surface area contributed by atoms with Gasteiger partial charge in [0.1, 0.15) is 12.6 Å². The number of hydrogen-bond acceptors (Lipinski definition) is 5. The van der Waals surface area contributed by atoms with E-state index in [9.17, 15) is 22.8 Å². The minimum absolute atomic E-state index is 0.0615. The van der Waals surface area contributed by atoms with Gasteiger partial charge in [0.05, 0.1) is 6.54 Å². The van der Waals surface area contributed by atoms with Crippen LogP contribution in [0.3, 0.4) is 0 Å². The molecule has 3 amide bonds. The Balaban J connectivity index is 1.34. The standard InChI is InChI=1S/C22H24F3N5O3/c1-15-4-6-16(7-5-15)30-12-11-29(21(30)32)14-19(31)28-10-2-3-17(13-28)33-20-26-9-8-18(27-20)22(23,24)25/h4-9,17H,2-3,10-14H2,1H3. The van der Waals surface area contributed by atoms with Gasteiger partial charge in [0.15, 0.2) is 5.69 Å². The third-order valence-electron chi connectivity index (χ3n) is 5.69. The molecule has 2 aliphatic heterocycles. The van der Waals surface area contributed by atoms with E-state index in [-0.39, 0.29) is 31.0 Å². The van der Waals surface area contributed by atoms with Crippen LogP contribution in [0.4, 0.5) is 23.7 Å². The topological polar surface area (TPSA) is 78.9 Å². The van der Waals surface area contributed by atoms with E-state index in [2.05, 4.69) is 9.97 Å². The lowest BCUT2D eigenvalue weighted by molar-refractivity contribution is -0.141. The number of amides is 3. The molecule has 3 heterocycles. The van der Waals surface area contributed by atoms with Crippen LogP contribution in [0.1, 0.15) is 24.1 Å². The first kappa shape index (κ1) is 22.8. The Morgan fingerprint density at radius 1 is 1.15 bits per heavy atom. The monoisotopic (exact) mass is 463 g/mol. The van der Waals surface area contributed by atoms with Crippen molar-refractivity contribution in [3.05, 3.63) is 47.8 Å². The van der Waals surface area contributed by atoms with Crippen LogP contribution in [0.5, 0.6) is 6.01 Å². The molecule has 0 aliphatic carbocycles. The maximum absolute atomic E-state index is 12.9. The van der Waals surface area contributed by atoms with Gasteiger partial charge in [-0.15, -0.1) is 0 Å². The molecular weight excluding hydrogens is 439 g/mol. The minimum Gasteiger partial charge on any atom is -0.458 e. The first-order chi connectivity index (χ1) is 15.7. The summed E-state index contributed by atoms with van der Waals surface area (Å²) in [5.74, 6) is -0.229. The number of aromatic nitrogens is 2. The second-order valence-electron chi connectivity index (χ2n) is 8.14. The van der Waals surface area contributed by atoms with Gasteiger partial charge in [-0.3, -0.25) is 9.69 Å². The lowest BCUT2D eigenvalue weighted by atomic mass is 10.1. The third-order valence-corrected chi connectivity index (χ3v) is 5.69. The van der Waals surface area contributed by atoms with Crippen molar-refractivity contribution < 1.29 is 27.5 Å². The summed E-state index contributed by atoms with van der Waals surface area (Å²) in [6.45, 7) is 3.52. The van der Waals surface area contributed by atoms with E-state index in [1.54, 1.807) is 9.80 Å². The molecule has 4 rings (SSSR count). The summed E-state index contributed by atoms with van der Waals surface area (Å²) in [5, 5.41) is 0. The van der Waals surface area contributed by atoms with Gasteiger partial charge in [0, 0.05) is 31.5 Å². The predicted molar refractivity (Wildman–Crippen MR) is 113 cm³/mol. The summed E-state index contributed by atoms with van der Waals surface area (Å²) in [5.41, 5.74) is 0.796. The van der Waals surface area contributed by atoms with Gasteiger partial charge in [-0.25, -0.2) is 9.78 Å². The Morgan fingerprint density at radius 3 is 2.64 bits per heavy atom. The van der Waals surface area contributed by atoms with Crippen molar-refractivity contribution in [1.29, 1.82) is 0 Å². The van der Waals surface area contributed by atoms with Gasteiger partial charge in [-0.2, -0.15) is 18.2 Å². The zero-order chi connectivity index (χ0) is 23.6. The molecule has 2 saturated heterocycles. The maximum atomic E-state index is 12.9. The number of piperidine rings is 1. The van der Waals surface area contributed by atoms with Crippen LogP contribution >= 0.6 is 0 Å². The number of anilines is 1. The average Bonchev–Trinajstić information content (AvgIpc) is 3.14. The van der Waals surface area contributed by atoms with E-state index < -0.39 is 18.0 Å². The molecule has 0 bridgehead atoms. The van der Waals surface area contributed by atoms with Gasteiger partial charge < -0.3 is 14.5 Å². The number of carbonyl (C=O) groups is 2. The van der Waals surface area contributed by atoms with Crippen molar-refractivity contribution in [2.75, 3.05) is 37.6 Å². The number of rotatable bonds is 5. The summed E-state index contributed by atoms with van der Waals surface area (Å²) in [4.78, 5) is 37.5. The second-order valence-corrected chi connectivity index (χ2v) is 8.14. The molecule has 0 N–H and O–H groups in total. The van der Waals surface area contributed by atoms with E-state index in [0.717, 1.165) is 23.5 Å². The molecule has 1 atom stereocenters. The average molecular weight is 463 g/mol. The summed E-state index contributed by atoms with van der Waals surface area (Å²) in [6, 6.07) is 7.79. The van der Waals surface area contributed by atoms with Gasteiger partial charge >= 0.3 is 18.2 Å². The summed E-state index contributed by atoms with van der Waals surface area (Å²) >= 11 is 0. The molecule has 1 aromatic carbocycles. The molecule has 0 spiro atoms. The summed E-state index contributed by atoms with van der Waals surface area (Å²) < 4.78 is 44.1. The van der Waals surface area contributed by atoms with Crippen molar-refractivity contribution in [3.8, 4) is 6.01 Å². The first-order valence-electron chi connectivity index (χ1n) is 10.7. The molecule has 0 saturated carbocycles. The molecule has 1 unspecified atom stereocenters. The zero-order valence-corrected chi connectivity index (χ0v) is 18.1. The van der Waals surface area contributed by atoms with Gasteiger partial charge in [-0.05, 0) is 38.0 Å². The van der Waals surface area contributed by atoms with Crippen LogP contribution < -0.4 is 9.64 Å². The van der Waals surface area contributed by atoms with Crippen molar-refractivity contribution in [2.45, 2.75) is 32.0 Å². The van der Waals surface area contributed by atoms with E-state index in [4.69, 9.17) is 4.74 Å². The Kier molecular flexibility index (Phi) is 6.39. The molecule has 0 radical (unpaired) electrons. The SMILES string of the molecule is Cc1ccc(N2CCN(CC(=O)N3CCCC(Oc4nccc(C(F)(F)F)n4)C3)C2=O)cc1. The number of ether oxygens (including phenoxy) is 1. The van der Waals surface area contributed by atoms with E-state index in [1.165, 1.54) is 4.90 Å². The normalized spacial score (nSPS) is 19.2. The molecule has 2 aliphatic rings. The molecule has 2 fully saturated rings. The molecule has 1 aromatic heterocycles. The first-order valence-corrected chi connectivity index (χ1v) is 10.7. The largest absolute Gasteiger partial charge is 0.458 e. The number of likely N-dealkylation sites (tertiary alicyclic amines) is 1. The highest BCUT2D eigenvalue weighted by Gasteiger charge is 2.35. The number of halogens is 3. The number of urea groups is 1. The van der Waals surface area contributed by atoms with E-state index in [0.29, 0.717) is 32.5 Å². The van der Waals surface area contributed by atoms with Gasteiger partial charge in [0.25, 0.3) is 0 Å². The third kappa shape index (κ3) is 5.35. The van der Waals surface area contributed by atoms with Crippen molar-refractivity contribution in [2.24, 2.45) is 0 Å². The fraction of sp³-hybridized carbons (Fsp3) is 0.455. The van der Waals surface area contributed by atoms with Crippen LogP contribution in [-0.4, -0.2) is 70.5 Å². The van der Waals surface area contributed by atoms with Gasteiger partial charge in [-0.1, -0.05) is 17.7 Å². The number of carbonyl (C=O) groups excluding carboxylic acids is 2. The molecular formula is C22H24F3N5O3. The highest BCUT2D eigenvalue weighted by molar-refractivity contribution is 5.96. The van der Waals surface area contributed by atoms with Crippen molar-refractivity contribution >= 4 is 17.6 Å². The quantitative estimate of drug-likeness (QED) is 0.681. The fourth-order valence-electron chi connectivity index (χ4n) is 3.92. The van der Waals surface area contributed by atoms with Crippen LogP contribution in [0.15, 0.2) is 36.5 Å². The van der Waals surface area contributed by atoms with Gasteiger partial charge in [0.2, 0.25) is 5.91 Å². The van der Waals surface area contributed by atoms with E-state index in [1.807, 2.05) is 31.2 Å². The number of benzene rings is 1. The molecule has 8 nitrogen and oxygen atoms in total. The second kappa shape index (κ2) is 9.24. The van der Waals surface area contributed by atoms with E-state index >= 15 is 0 Å². The molecule has 2 aromatic rings. The smallest absolute Gasteiger partial charge is 0.433 e. The Bertz CT molecular complexity index is 1020. The molecule has 176 valence electrons. The fourth-order valence-corrected chi connectivity index (χ4v) is 3.92. The molecule has 33 heavy (non-hydrogen) atoms. The van der Waals surface area contributed by atoms with Crippen LogP contribution in [-0.2, 0) is 11.0 Å². The van der Waals surface area contributed by atoms with Crippen molar-refractivity contribution in [1.82, 2.24) is 19.8 Å². The lowest BCUT2D eigenvalue weighted by Gasteiger charge is -2.33. The number of nitrogens with zero attached hydrogens (tertiary/aromatic N) is 5. The highest BCUT2D eigenvalue weighted by atomic mass is 19.4. The number of hydrogen-bond donors (Lipinski definition) is 0. The number of alkyl halides is 3. The maximum Gasteiger partial charge on any atom is 0.433 e.